The van der Waals surface area contributed by atoms with Crippen LogP contribution in [0.3, 0.4) is 0 Å². The fraction of sp³-hybridized carbons (Fsp3) is 0.684. The lowest BCUT2D eigenvalue weighted by molar-refractivity contribution is -0.141. The Kier molecular flexibility index (Phi) is 34.4. The number of rotatable bonds is 13. The Balaban J connectivity index is -0.000000128. The van der Waals surface area contributed by atoms with Gasteiger partial charge in [0.2, 0.25) is 5.91 Å². The van der Waals surface area contributed by atoms with E-state index in [0.29, 0.717) is 6.42 Å². The highest BCUT2D eigenvalue weighted by molar-refractivity contribution is 7.98. The Morgan fingerprint density at radius 1 is 0.725 bits per heavy atom. The molecule has 1 amide bonds. The molecule has 19 nitrogen and oxygen atoms in total. The summed E-state index contributed by atoms with van der Waals surface area (Å²) in [5.41, 5.74) is 29.4. The Morgan fingerprint density at radius 2 is 1.10 bits per heavy atom. The summed E-state index contributed by atoms with van der Waals surface area (Å²) in [6.45, 7) is 0.827. The monoisotopic (exact) mass is 626 g/mol. The van der Waals surface area contributed by atoms with Crippen LogP contribution in [-0.4, -0.2) is 132 Å². The molecule has 0 bridgehead atoms. The van der Waals surface area contributed by atoms with Crippen molar-refractivity contribution in [2.75, 3.05) is 24.4 Å². The van der Waals surface area contributed by atoms with Gasteiger partial charge in [0.25, 0.3) is 0 Å². The number of carboxylic acids is 5. The number of primary amides is 1. The first kappa shape index (κ1) is 47.1. The van der Waals surface area contributed by atoms with Crippen molar-refractivity contribution < 1.29 is 64.5 Å². The predicted octanol–water partition coefficient (Wildman–Crippen LogP) is -5.08. The van der Waals surface area contributed by atoms with Crippen molar-refractivity contribution in [1.29, 1.82) is 0 Å². The summed E-state index contributed by atoms with van der Waals surface area (Å²) in [4.78, 5) is 59.2. The molecule has 0 unspecified atom stereocenters. The first-order valence-electron chi connectivity index (χ1n) is 10.7. The molecule has 0 aliphatic carbocycles. The number of amides is 1. The van der Waals surface area contributed by atoms with Crippen LogP contribution in [0.2, 0.25) is 0 Å². The zero-order valence-electron chi connectivity index (χ0n) is 21.9. The smallest absolute Gasteiger partial charge is 0.323 e. The van der Waals surface area contributed by atoms with Gasteiger partial charge in [-0.1, -0.05) is 0 Å². The first-order chi connectivity index (χ1) is 18.1. The summed E-state index contributed by atoms with van der Waals surface area (Å²) < 4.78 is 0. The summed E-state index contributed by atoms with van der Waals surface area (Å²) in [6.07, 6.45) is 1.19. The van der Waals surface area contributed by atoms with E-state index in [2.05, 4.69) is 18.4 Å². The Labute approximate surface area is 239 Å². The fourth-order valence-electron chi connectivity index (χ4n) is 1.03. The van der Waals surface area contributed by atoms with E-state index in [1.807, 2.05) is 6.26 Å². The highest BCUT2D eigenvalue weighted by Crippen LogP contribution is 1.97. The molecular formula is C19H42N6O13S2. The van der Waals surface area contributed by atoms with E-state index in [1.165, 1.54) is 6.92 Å². The number of hydrogen-bond acceptors (Lipinski definition) is 15. The van der Waals surface area contributed by atoms with Crippen molar-refractivity contribution in [3.05, 3.63) is 0 Å². The molecule has 40 heavy (non-hydrogen) atoms. The van der Waals surface area contributed by atoms with E-state index in [9.17, 15) is 28.8 Å². The molecule has 0 fully saturated rings. The van der Waals surface area contributed by atoms with E-state index in [0.717, 1.165) is 5.75 Å². The maximum Gasteiger partial charge on any atom is 0.323 e. The molecule has 0 saturated carbocycles. The normalized spacial score (nSPS) is 13.9. The van der Waals surface area contributed by atoms with Crippen LogP contribution in [0.25, 0.3) is 0 Å². The minimum absolute atomic E-state index is 0.190. The van der Waals surface area contributed by atoms with Crippen LogP contribution >= 0.6 is 24.4 Å². The van der Waals surface area contributed by atoms with Gasteiger partial charge >= 0.3 is 29.8 Å². The average molecular weight is 627 g/mol. The fourth-order valence-corrected chi connectivity index (χ4v) is 1.68. The number of carbonyl (C=O) groups excluding carboxylic acids is 1. The molecule has 0 spiro atoms. The van der Waals surface area contributed by atoms with Crippen LogP contribution in [0.1, 0.15) is 19.8 Å². The zero-order chi connectivity index (χ0) is 33.2. The number of aliphatic hydroxyl groups excluding tert-OH is 2. The van der Waals surface area contributed by atoms with Gasteiger partial charge in [-0.3, -0.25) is 28.8 Å². The van der Waals surface area contributed by atoms with E-state index in [1.54, 1.807) is 11.8 Å². The van der Waals surface area contributed by atoms with Crippen molar-refractivity contribution in [2.45, 2.75) is 56.1 Å². The minimum atomic E-state index is -1.21. The van der Waals surface area contributed by atoms with Gasteiger partial charge in [0.1, 0.15) is 30.2 Å². The van der Waals surface area contributed by atoms with Crippen molar-refractivity contribution in [3.8, 4) is 0 Å². The lowest BCUT2D eigenvalue weighted by Crippen LogP contribution is -2.39. The first-order valence-corrected chi connectivity index (χ1v) is 12.8. The number of carbonyl (C=O) groups is 6. The van der Waals surface area contributed by atoms with Crippen LogP contribution in [0.4, 0.5) is 0 Å². The lowest BCUT2D eigenvalue weighted by atomic mass is 10.2. The van der Waals surface area contributed by atoms with Crippen LogP contribution in [-0.2, 0) is 28.8 Å². The molecule has 19 N–H and O–H groups in total. The molecule has 0 radical (unpaired) electrons. The number of aliphatic hydroxyl groups is 2. The van der Waals surface area contributed by atoms with Gasteiger partial charge in [-0.05, 0) is 25.4 Å². The largest absolute Gasteiger partial charge is 0.480 e. The summed E-state index contributed by atoms with van der Waals surface area (Å²) in [7, 11) is 0. The molecule has 0 aromatic heterocycles. The van der Waals surface area contributed by atoms with Crippen molar-refractivity contribution >= 4 is 60.1 Å². The third-order valence-electron chi connectivity index (χ3n) is 3.52. The van der Waals surface area contributed by atoms with Gasteiger partial charge in [-0.25, -0.2) is 0 Å². The van der Waals surface area contributed by atoms with Crippen molar-refractivity contribution in [1.82, 2.24) is 0 Å². The second-order valence-electron chi connectivity index (χ2n) is 7.20. The standard InChI is InChI=1S/C5H11NO2S.C4H8N2O3.C4H9NO3.C3H7NO3.C3H7NO2S/c1-9-3-2-4(6)5(7)8;5-2(4(8)9)1-3(6)7;1-2(6)3(5)4(7)8;4-2(1-5)3(6)7;4-2(1-7)3(5)6/h4H,2-3,6H2,1H3,(H,7,8);2H,1,5H2,(H2,6,7)(H,8,9);2-3,6H,5H2,1H3,(H,7,8);2,5H,1,4H2,(H,6,7);2,7H,1,4H2,(H,5,6)/t4-;2-;2-,3+;2*2-/m00100/s1. The molecular weight excluding hydrogens is 584 g/mol. The molecule has 21 heteroatoms. The van der Waals surface area contributed by atoms with E-state index in [-0.39, 0.29) is 12.2 Å². The Morgan fingerprint density at radius 3 is 1.20 bits per heavy atom. The number of nitrogens with two attached hydrogens (primary N) is 6. The van der Waals surface area contributed by atoms with Gasteiger partial charge in [0.05, 0.1) is 19.1 Å². The molecule has 0 aromatic rings. The average Bonchev–Trinajstić information content (AvgIpc) is 2.86. The third-order valence-corrected chi connectivity index (χ3v) is 4.56. The maximum atomic E-state index is 10.1. The van der Waals surface area contributed by atoms with E-state index in [4.69, 9.17) is 64.4 Å². The molecule has 0 aliphatic heterocycles. The van der Waals surface area contributed by atoms with Gasteiger partial charge in [-0.15, -0.1) is 0 Å². The van der Waals surface area contributed by atoms with Crippen LogP contribution in [0, 0.1) is 0 Å². The minimum Gasteiger partial charge on any atom is -0.480 e. The number of thioether (sulfide) groups is 1. The molecule has 0 rings (SSSR count). The van der Waals surface area contributed by atoms with Crippen LogP contribution in [0.5, 0.6) is 0 Å². The molecule has 238 valence electrons. The highest BCUT2D eigenvalue weighted by Gasteiger charge is 2.16. The summed E-state index contributed by atoms with van der Waals surface area (Å²) in [6, 6.07) is -4.95. The summed E-state index contributed by atoms with van der Waals surface area (Å²) in [5, 5.41) is 56.8. The number of thiol groups is 1. The Bertz CT molecular complexity index is 729. The third kappa shape index (κ3) is 37.4. The van der Waals surface area contributed by atoms with Crippen molar-refractivity contribution in [3.63, 3.8) is 0 Å². The van der Waals surface area contributed by atoms with Crippen LogP contribution < -0.4 is 34.4 Å². The second kappa shape index (κ2) is 29.2. The number of aliphatic carboxylic acids is 5. The van der Waals surface area contributed by atoms with Crippen LogP contribution in [0.15, 0.2) is 0 Å². The second-order valence-corrected chi connectivity index (χ2v) is 8.55. The number of carboxylic acid groups (broad SMARTS) is 5. The molecule has 0 aliphatic rings. The van der Waals surface area contributed by atoms with Gasteiger partial charge < -0.3 is 70.1 Å². The van der Waals surface area contributed by atoms with Gasteiger partial charge in [0, 0.05) is 5.75 Å². The quantitative estimate of drug-likeness (QED) is 0.0849. The van der Waals surface area contributed by atoms with E-state index < -0.39 is 78.7 Å². The molecule has 6 atom stereocenters. The molecule has 0 saturated heterocycles. The number of hydrogen-bond donors (Lipinski definition) is 14. The predicted molar refractivity (Wildman–Crippen MR) is 147 cm³/mol. The summed E-state index contributed by atoms with van der Waals surface area (Å²) >= 11 is 5.25. The highest BCUT2D eigenvalue weighted by atomic mass is 32.2. The SMILES string of the molecule is CSCC[C@H](N)C(=O)O.C[C@@H](O)[C@H](N)C(=O)O.NC(=O)C[C@H](N)C(=O)O.N[C@@H](CO)C(=O)O.N[C@@H](CS)C(=O)O. The molecule has 0 heterocycles. The van der Waals surface area contributed by atoms with Gasteiger partial charge in [0.15, 0.2) is 0 Å². The topological polar surface area (TPSA) is 400 Å². The summed E-state index contributed by atoms with van der Waals surface area (Å²) in [5.74, 6) is -5.19. The van der Waals surface area contributed by atoms with Crippen molar-refractivity contribution in [2.24, 2.45) is 34.4 Å². The lowest BCUT2D eigenvalue weighted by Gasteiger charge is -2.06. The van der Waals surface area contributed by atoms with Gasteiger partial charge in [-0.2, -0.15) is 24.4 Å². The van der Waals surface area contributed by atoms with E-state index >= 15 is 0 Å². The molecule has 0 aromatic carbocycles. The Hall–Kier alpha value is -2.76. The zero-order valence-corrected chi connectivity index (χ0v) is 23.6. The maximum absolute atomic E-state index is 10.1.